The summed E-state index contributed by atoms with van der Waals surface area (Å²) in [6.07, 6.45) is 4.35. The molecule has 1 aromatic heterocycles. The molecule has 0 aliphatic carbocycles. The number of carbonyl (C=O) groups excluding carboxylic acids is 1. The van der Waals surface area contributed by atoms with Crippen molar-refractivity contribution >= 4 is 5.97 Å². The van der Waals surface area contributed by atoms with Crippen LogP contribution >= 0.6 is 0 Å². The van der Waals surface area contributed by atoms with Gasteiger partial charge in [-0.2, -0.15) is 0 Å². The van der Waals surface area contributed by atoms with E-state index in [1.165, 1.54) is 0 Å². The fourth-order valence-corrected chi connectivity index (χ4v) is 0.933. The Labute approximate surface area is 77.0 Å². The minimum atomic E-state index is -0.376. The maximum atomic E-state index is 10.6. The minimum absolute atomic E-state index is 0.376. The van der Waals surface area contributed by atoms with Gasteiger partial charge in [0.2, 0.25) is 0 Å². The molecule has 0 spiro atoms. The second-order valence-electron chi connectivity index (χ2n) is 2.55. The van der Waals surface area contributed by atoms with Gasteiger partial charge in [-0.15, -0.1) is 0 Å². The van der Waals surface area contributed by atoms with Gasteiger partial charge >= 0.3 is 5.97 Å². The Hall–Kier alpha value is -1.51. The Morgan fingerprint density at radius 3 is 3.15 bits per heavy atom. The van der Waals surface area contributed by atoms with E-state index in [0.717, 1.165) is 24.7 Å². The standard InChI is InChI=1S/C10H12O3/c1-2-10(11)13-8-4-6-9-5-3-7-12-9/h2-3,5,7H,1,4,6,8H2. The number of esters is 1. The van der Waals surface area contributed by atoms with Crippen LogP contribution in [0.5, 0.6) is 0 Å². The van der Waals surface area contributed by atoms with E-state index in [2.05, 4.69) is 6.58 Å². The van der Waals surface area contributed by atoms with E-state index in [0.29, 0.717) is 6.61 Å². The first-order chi connectivity index (χ1) is 6.33. The molecule has 0 unspecified atom stereocenters. The van der Waals surface area contributed by atoms with E-state index in [9.17, 15) is 4.79 Å². The monoisotopic (exact) mass is 180 g/mol. The predicted octanol–water partition coefficient (Wildman–Crippen LogP) is 1.94. The van der Waals surface area contributed by atoms with Crippen molar-refractivity contribution in [2.45, 2.75) is 12.8 Å². The van der Waals surface area contributed by atoms with Crippen LogP contribution in [0.2, 0.25) is 0 Å². The number of rotatable bonds is 5. The van der Waals surface area contributed by atoms with Crippen molar-refractivity contribution in [3.05, 3.63) is 36.8 Å². The van der Waals surface area contributed by atoms with E-state index in [4.69, 9.17) is 9.15 Å². The smallest absolute Gasteiger partial charge is 0.330 e. The van der Waals surface area contributed by atoms with Crippen LogP contribution in [0.3, 0.4) is 0 Å². The summed E-state index contributed by atoms with van der Waals surface area (Å²) in [5, 5.41) is 0. The Balaban J connectivity index is 2.08. The quantitative estimate of drug-likeness (QED) is 0.395. The highest BCUT2D eigenvalue weighted by Gasteiger charge is 1.97. The van der Waals surface area contributed by atoms with Gasteiger partial charge in [-0.25, -0.2) is 4.79 Å². The minimum Gasteiger partial charge on any atom is -0.469 e. The normalized spacial score (nSPS) is 9.54. The van der Waals surface area contributed by atoms with E-state index >= 15 is 0 Å². The molecule has 0 bridgehead atoms. The zero-order chi connectivity index (χ0) is 9.52. The van der Waals surface area contributed by atoms with Gasteiger partial charge < -0.3 is 9.15 Å². The molecule has 3 heteroatoms. The lowest BCUT2D eigenvalue weighted by atomic mass is 10.3. The van der Waals surface area contributed by atoms with E-state index in [1.54, 1.807) is 6.26 Å². The fraction of sp³-hybridized carbons (Fsp3) is 0.300. The average Bonchev–Trinajstić information content (AvgIpc) is 2.64. The maximum absolute atomic E-state index is 10.6. The molecule has 1 aromatic rings. The Morgan fingerprint density at radius 1 is 1.69 bits per heavy atom. The highest BCUT2D eigenvalue weighted by atomic mass is 16.5. The van der Waals surface area contributed by atoms with Crippen LogP contribution in [-0.4, -0.2) is 12.6 Å². The van der Waals surface area contributed by atoms with Crippen molar-refractivity contribution in [3.8, 4) is 0 Å². The molecule has 0 saturated heterocycles. The second kappa shape index (κ2) is 5.19. The maximum Gasteiger partial charge on any atom is 0.330 e. The zero-order valence-corrected chi connectivity index (χ0v) is 7.36. The first-order valence-corrected chi connectivity index (χ1v) is 4.14. The van der Waals surface area contributed by atoms with Crippen molar-refractivity contribution in [1.82, 2.24) is 0 Å². The van der Waals surface area contributed by atoms with Crippen LogP contribution in [0.1, 0.15) is 12.2 Å². The molecule has 0 saturated carbocycles. The van der Waals surface area contributed by atoms with Gasteiger partial charge in [0, 0.05) is 12.5 Å². The molecule has 3 nitrogen and oxygen atoms in total. The molecule has 1 heterocycles. The van der Waals surface area contributed by atoms with Gasteiger partial charge in [-0.3, -0.25) is 0 Å². The third-order valence-electron chi connectivity index (χ3n) is 1.56. The number of hydrogen-bond donors (Lipinski definition) is 0. The molecule has 0 aliphatic heterocycles. The molecule has 0 aliphatic rings. The van der Waals surface area contributed by atoms with Gasteiger partial charge in [0.05, 0.1) is 12.9 Å². The van der Waals surface area contributed by atoms with Crippen molar-refractivity contribution in [2.24, 2.45) is 0 Å². The van der Waals surface area contributed by atoms with E-state index in [1.807, 2.05) is 12.1 Å². The van der Waals surface area contributed by atoms with Gasteiger partial charge in [-0.05, 0) is 18.6 Å². The summed E-state index contributed by atoms with van der Waals surface area (Å²) in [6.45, 7) is 3.70. The van der Waals surface area contributed by atoms with Gasteiger partial charge in [0.1, 0.15) is 5.76 Å². The predicted molar refractivity (Wildman–Crippen MR) is 48.2 cm³/mol. The molecule has 13 heavy (non-hydrogen) atoms. The highest BCUT2D eigenvalue weighted by molar-refractivity contribution is 5.81. The van der Waals surface area contributed by atoms with Crippen LogP contribution in [0.15, 0.2) is 35.5 Å². The van der Waals surface area contributed by atoms with Crippen molar-refractivity contribution in [2.75, 3.05) is 6.61 Å². The summed E-state index contributed by atoms with van der Waals surface area (Å²) in [5.41, 5.74) is 0. The van der Waals surface area contributed by atoms with Crippen LogP contribution < -0.4 is 0 Å². The first kappa shape index (κ1) is 9.58. The molecule has 0 fully saturated rings. The lowest BCUT2D eigenvalue weighted by molar-refractivity contribution is -0.137. The topological polar surface area (TPSA) is 39.4 Å². The molecule has 0 aromatic carbocycles. The van der Waals surface area contributed by atoms with Gasteiger partial charge in [-0.1, -0.05) is 6.58 Å². The van der Waals surface area contributed by atoms with Crippen LogP contribution in [-0.2, 0) is 16.0 Å². The van der Waals surface area contributed by atoms with Crippen LogP contribution in [0.4, 0.5) is 0 Å². The summed E-state index contributed by atoms with van der Waals surface area (Å²) in [7, 11) is 0. The third-order valence-corrected chi connectivity index (χ3v) is 1.56. The second-order valence-corrected chi connectivity index (χ2v) is 2.55. The van der Waals surface area contributed by atoms with Gasteiger partial charge in [0.15, 0.2) is 0 Å². The zero-order valence-electron chi connectivity index (χ0n) is 7.36. The summed E-state index contributed by atoms with van der Waals surface area (Å²) in [5.74, 6) is 0.536. The molecule has 70 valence electrons. The van der Waals surface area contributed by atoms with Crippen LogP contribution in [0.25, 0.3) is 0 Å². The molecule has 0 amide bonds. The van der Waals surface area contributed by atoms with E-state index < -0.39 is 0 Å². The molecule has 0 N–H and O–H groups in total. The number of aryl methyl sites for hydroxylation is 1. The number of hydrogen-bond acceptors (Lipinski definition) is 3. The number of carbonyl (C=O) groups is 1. The molecular weight excluding hydrogens is 168 g/mol. The largest absolute Gasteiger partial charge is 0.469 e. The number of furan rings is 1. The number of ether oxygens (including phenoxy) is 1. The van der Waals surface area contributed by atoms with Crippen molar-refractivity contribution in [3.63, 3.8) is 0 Å². The summed E-state index contributed by atoms with van der Waals surface area (Å²) in [4.78, 5) is 10.6. The first-order valence-electron chi connectivity index (χ1n) is 4.14. The molecule has 1 rings (SSSR count). The summed E-state index contributed by atoms with van der Waals surface area (Å²) in [6, 6.07) is 3.74. The third kappa shape index (κ3) is 3.60. The Bertz CT molecular complexity index is 262. The Morgan fingerprint density at radius 2 is 2.54 bits per heavy atom. The summed E-state index contributed by atoms with van der Waals surface area (Å²) < 4.78 is 9.90. The molecule has 0 atom stereocenters. The lowest BCUT2D eigenvalue weighted by Crippen LogP contribution is -2.02. The average molecular weight is 180 g/mol. The summed E-state index contributed by atoms with van der Waals surface area (Å²) >= 11 is 0. The molecular formula is C10H12O3. The Kier molecular flexibility index (Phi) is 3.82. The van der Waals surface area contributed by atoms with Crippen LogP contribution in [0, 0.1) is 0 Å². The SMILES string of the molecule is C=CC(=O)OCCCc1ccco1. The highest BCUT2D eigenvalue weighted by Crippen LogP contribution is 2.03. The lowest BCUT2D eigenvalue weighted by Gasteiger charge is -1.99. The van der Waals surface area contributed by atoms with E-state index in [-0.39, 0.29) is 5.97 Å². The van der Waals surface area contributed by atoms with Crippen molar-refractivity contribution in [1.29, 1.82) is 0 Å². The fourth-order valence-electron chi connectivity index (χ4n) is 0.933. The van der Waals surface area contributed by atoms with Gasteiger partial charge in [0.25, 0.3) is 0 Å². The van der Waals surface area contributed by atoms with Crippen molar-refractivity contribution < 1.29 is 13.9 Å². The molecule has 0 radical (unpaired) electrons.